The van der Waals surface area contributed by atoms with Crippen LogP contribution in [0.5, 0.6) is 0 Å². The van der Waals surface area contributed by atoms with Gasteiger partial charge in [-0.1, -0.05) is 27.2 Å². The Morgan fingerprint density at radius 2 is 1.94 bits per heavy atom. The van der Waals surface area contributed by atoms with Gasteiger partial charge in [-0.2, -0.15) is 13.2 Å². The Kier molecular flexibility index (Phi) is 5.06. The lowest BCUT2D eigenvalue weighted by Crippen LogP contribution is -2.51. The highest BCUT2D eigenvalue weighted by atomic mass is 19.4. The first-order valence-corrected chi connectivity index (χ1v) is 6.70. The van der Waals surface area contributed by atoms with E-state index in [-0.39, 0.29) is 17.4 Å². The van der Waals surface area contributed by atoms with E-state index in [1.165, 1.54) is 4.90 Å². The number of hydrogen-bond donors (Lipinski definition) is 1. The third kappa shape index (κ3) is 4.43. The molecular weight excluding hydrogens is 241 g/mol. The van der Waals surface area contributed by atoms with Crippen molar-refractivity contribution in [1.82, 2.24) is 4.90 Å². The molecule has 0 aliphatic heterocycles. The predicted molar refractivity (Wildman–Crippen MR) is 67.3 cm³/mol. The molecule has 0 amide bonds. The van der Waals surface area contributed by atoms with Crippen molar-refractivity contribution in [1.29, 1.82) is 0 Å². The standard InChI is InChI=1S/C13H25F3N2/c1-4-18(9-13(14,15)16)8-10-6-5-7-12(2,3)11(10)17/h10-11H,4-9,17H2,1-3H3. The van der Waals surface area contributed by atoms with Gasteiger partial charge in [0, 0.05) is 12.6 Å². The summed E-state index contributed by atoms with van der Waals surface area (Å²) in [4.78, 5) is 1.46. The van der Waals surface area contributed by atoms with Crippen LogP contribution < -0.4 is 5.73 Å². The molecule has 0 saturated heterocycles. The van der Waals surface area contributed by atoms with Gasteiger partial charge in [0.2, 0.25) is 0 Å². The molecule has 0 aromatic heterocycles. The highest BCUT2D eigenvalue weighted by molar-refractivity contribution is 4.92. The van der Waals surface area contributed by atoms with Crippen molar-refractivity contribution >= 4 is 0 Å². The molecule has 2 unspecified atom stereocenters. The zero-order chi connectivity index (χ0) is 14.0. The molecule has 2 nitrogen and oxygen atoms in total. The van der Waals surface area contributed by atoms with Gasteiger partial charge in [0.05, 0.1) is 6.54 Å². The zero-order valence-corrected chi connectivity index (χ0v) is 11.6. The number of nitrogens with zero attached hydrogens (tertiary/aromatic N) is 1. The molecule has 1 saturated carbocycles. The van der Waals surface area contributed by atoms with E-state index in [9.17, 15) is 13.2 Å². The van der Waals surface area contributed by atoms with Crippen molar-refractivity contribution in [2.45, 2.75) is 52.3 Å². The third-order valence-corrected chi connectivity index (χ3v) is 4.15. The predicted octanol–water partition coefficient (Wildman–Crippen LogP) is 3.02. The van der Waals surface area contributed by atoms with Crippen LogP contribution >= 0.6 is 0 Å². The Labute approximate surface area is 108 Å². The molecule has 0 spiro atoms. The number of hydrogen-bond acceptors (Lipinski definition) is 2. The van der Waals surface area contributed by atoms with E-state index in [2.05, 4.69) is 13.8 Å². The molecule has 108 valence electrons. The molecule has 5 heteroatoms. The summed E-state index contributed by atoms with van der Waals surface area (Å²) in [7, 11) is 0. The highest BCUT2D eigenvalue weighted by Gasteiger charge is 2.38. The maximum Gasteiger partial charge on any atom is 0.401 e. The first kappa shape index (κ1) is 15.8. The minimum atomic E-state index is -4.12. The SMILES string of the molecule is CCN(CC1CCCC(C)(C)C1N)CC(F)(F)F. The minimum Gasteiger partial charge on any atom is -0.327 e. The van der Waals surface area contributed by atoms with Gasteiger partial charge in [-0.25, -0.2) is 0 Å². The summed E-state index contributed by atoms with van der Waals surface area (Å²) in [5.74, 6) is 0.177. The lowest BCUT2D eigenvalue weighted by molar-refractivity contribution is -0.147. The van der Waals surface area contributed by atoms with Gasteiger partial charge >= 0.3 is 6.18 Å². The van der Waals surface area contributed by atoms with Crippen LogP contribution in [0.1, 0.15) is 40.0 Å². The van der Waals surface area contributed by atoms with Crippen LogP contribution in [0.2, 0.25) is 0 Å². The van der Waals surface area contributed by atoms with E-state index in [1.54, 1.807) is 6.92 Å². The van der Waals surface area contributed by atoms with Crippen LogP contribution in [-0.2, 0) is 0 Å². The monoisotopic (exact) mass is 266 g/mol. The fraction of sp³-hybridized carbons (Fsp3) is 1.00. The maximum atomic E-state index is 12.4. The average Bonchev–Trinajstić information content (AvgIpc) is 2.21. The van der Waals surface area contributed by atoms with Gasteiger partial charge in [-0.05, 0) is 30.7 Å². The lowest BCUT2D eigenvalue weighted by atomic mass is 9.68. The Morgan fingerprint density at radius 1 is 1.33 bits per heavy atom. The van der Waals surface area contributed by atoms with E-state index in [0.29, 0.717) is 13.1 Å². The topological polar surface area (TPSA) is 29.3 Å². The largest absolute Gasteiger partial charge is 0.401 e. The van der Waals surface area contributed by atoms with Crippen LogP contribution in [0.25, 0.3) is 0 Å². The van der Waals surface area contributed by atoms with Crippen molar-refractivity contribution in [3.05, 3.63) is 0 Å². The van der Waals surface area contributed by atoms with Gasteiger partial charge in [-0.15, -0.1) is 0 Å². The molecule has 1 rings (SSSR count). The lowest BCUT2D eigenvalue weighted by Gasteiger charge is -2.43. The second-order valence-electron chi connectivity index (χ2n) is 6.11. The fourth-order valence-electron chi connectivity index (χ4n) is 2.90. The molecule has 0 heterocycles. The van der Waals surface area contributed by atoms with Crippen molar-refractivity contribution < 1.29 is 13.2 Å². The van der Waals surface area contributed by atoms with E-state index in [0.717, 1.165) is 19.3 Å². The van der Waals surface area contributed by atoms with Crippen molar-refractivity contribution in [3.63, 3.8) is 0 Å². The molecule has 2 N–H and O–H groups in total. The summed E-state index contributed by atoms with van der Waals surface area (Å²) in [6.45, 7) is 6.05. The van der Waals surface area contributed by atoms with Crippen molar-refractivity contribution in [3.8, 4) is 0 Å². The quantitative estimate of drug-likeness (QED) is 0.847. The maximum absolute atomic E-state index is 12.4. The normalized spacial score (nSPS) is 28.7. The smallest absolute Gasteiger partial charge is 0.327 e. The number of rotatable bonds is 4. The average molecular weight is 266 g/mol. The summed E-state index contributed by atoms with van der Waals surface area (Å²) in [6.07, 6.45) is -1.05. The Morgan fingerprint density at radius 3 is 2.44 bits per heavy atom. The number of halogens is 3. The Balaban J connectivity index is 2.59. The molecule has 18 heavy (non-hydrogen) atoms. The number of alkyl halides is 3. The molecule has 0 aromatic rings. The molecule has 0 bridgehead atoms. The van der Waals surface area contributed by atoms with E-state index >= 15 is 0 Å². The molecule has 1 fully saturated rings. The van der Waals surface area contributed by atoms with Crippen LogP contribution in [-0.4, -0.2) is 36.8 Å². The molecule has 2 atom stereocenters. The summed E-state index contributed by atoms with van der Waals surface area (Å²) < 4.78 is 37.3. The zero-order valence-electron chi connectivity index (χ0n) is 11.6. The van der Waals surface area contributed by atoms with Crippen LogP contribution in [0.3, 0.4) is 0 Å². The molecular formula is C13H25F3N2. The highest BCUT2D eigenvalue weighted by Crippen LogP contribution is 2.38. The Hall–Kier alpha value is -0.290. The van der Waals surface area contributed by atoms with Crippen molar-refractivity contribution in [2.75, 3.05) is 19.6 Å². The molecule has 0 radical (unpaired) electrons. The van der Waals surface area contributed by atoms with Gasteiger partial charge in [-0.3, -0.25) is 4.90 Å². The third-order valence-electron chi connectivity index (χ3n) is 4.15. The number of nitrogens with two attached hydrogens (primary N) is 1. The van der Waals surface area contributed by atoms with Gasteiger partial charge in [0.25, 0.3) is 0 Å². The van der Waals surface area contributed by atoms with E-state index in [1.807, 2.05) is 0 Å². The molecule has 1 aliphatic rings. The van der Waals surface area contributed by atoms with Crippen molar-refractivity contribution in [2.24, 2.45) is 17.1 Å². The van der Waals surface area contributed by atoms with Gasteiger partial charge in [0.15, 0.2) is 0 Å². The first-order valence-electron chi connectivity index (χ1n) is 6.70. The van der Waals surface area contributed by atoms with E-state index in [4.69, 9.17) is 5.73 Å². The molecule has 0 aromatic carbocycles. The second-order valence-corrected chi connectivity index (χ2v) is 6.11. The van der Waals surface area contributed by atoms with Crippen LogP contribution in [0, 0.1) is 11.3 Å². The van der Waals surface area contributed by atoms with Gasteiger partial charge in [0.1, 0.15) is 0 Å². The summed E-state index contributed by atoms with van der Waals surface area (Å²) in [5, 5.41) is 0. The van der Waals surface area contributed by atoms with Gasteiger partial charge < -0.3 is 5.73 Å². The summed E-state index contributed by atoms with van der Waals surface area (Å²) >= 11 is 0. The molecule has 1 aliphatic carbocycles. The van der Waals surface area contributed by atoms with Crippen LogP contribution in [0.4, 0.5) is 13.2 Å². The fourth-order valence-corrected chi connectivity index (χ4v) is 2.90. The second kappa shape index (κ2) is 5.78. The first-order chi connectivity index (χ1) is 8.15. The summed E-state index contributed by atoms with van der Waals surface area (Å²) in [5.41, 5.74) is 6.26. The summed E-state index contributed by atoms with van der Waals surface area (Å²) in [6, 6.07) is -0.00599. The Bertz CT molecular complexity index is 263. The van der Waals surface area contributed by atoms with E-state index < -0.39 is 12.7 Å². The minimum absolute atomic E-state index is 0.00599. The van der Waals surface area contributed by atoms with Crippen LogP contribution in [0.15, 0.2) is 0 Å².